The van der Waals surface area contributed by atoms with Crippen molar-refractivity contribution >= 4 is 45.4 Å². The molecular weight excluding hydrogens is 346 g/mol. The summed E-state index contributed by atoms with van der Waals surface area (Å²) in [6.07, 6.45) is 1.79. The molecule has 0 bridgehead atoms. The molecule has 3 aromatic carbocycles. The van der Waals surface area contributed by atoms with Crippen molar-refractivity contribution in [2.45, 2.75) is 0 Å². The van der Waals surface area contributed by atoms with Crippen molar-refractivity contribution in [3.8, 4) is 5.75 Å². The lowest BCUT2D eigenvalue weighted by molar-refractivity contribution is -0.113. The van der Waals surface area contributed by atoms with Gasteiger partial charge in [0.25, 0.3) is 11.1 Å². The Labute approximate surface area is 155 Å². The number of carbonyl (C=O) groups excluding carboxylic acids is 2. The van der Waals surface area contributed by atoms with Crippen LogP contribution in [0.15, 0.2) is 71.6 Å². The summed E-state index contributed by atoms with van der Waals surface area (Å²) in [6, 6.07) is 20.8. The number of methoxy groups -OCH3 is 1. The van der Waals surface area contributed by atoms with Crippen LogP contribution in [0.1, 0.15) is 5.56 Å². The number of imide groups is 1. The van der Waals surface area contributed by atoms with Gasteiger partial charge in [0.15, 0.2) is 0 Å². The Morgan fingerprint density at radius 1 is 0.923 bits per heavy atom. The van der Waals surface area contributed by atoms with Crippen LogP contribution in [0.3, 0.4) is 0 Å². The highest BCUT2D eigenvalue weighted by molar-refractivity contribution is 8.19. The SMILES string of the molecule is COc1ccc(N2C(=O)S/C(=C\c3cccc4ccccc34)C2=O)cc1. The molecule has 0 N–H and O–H groups in total. The molecule has 3 aromatic rings. The van der Waals surface area contributed by atoms with Gasteiger partial charge in [0.1, 0.15) is 5.75 Å². The topological polar surface area (TPSA) is 46.6 Å². The largest absolute Gasteiger partial charge is 0.497 e. The molecular formula is C21H15NO3S. The molecule has 0 spiro atoms. The normalized spacial score (nSPS) is 15.9. The molecule has 1 aliphatic heterocycles. The maximum atomic E-state index is 12.8. The summed E-state index contributed by atoms with van der Waals surface area (Å²) in [5.41, 5.74) is 1.46. The summed E-state index contributed by atoms with van der Waals surface area (Å²) in [5, 5.41) is 1.84. The maximum absolute atomic E-state index is 12.8. The van der Waals surface area contributed by atoms with E-state index in [1.165, 1.54) is 4.90 Å². The van der Waals surface area contributed by atoms with E-state index in [0.29, 0.717) is 16.3 Å². The quantitative estimate of drug-likeness (QED) is 0.610. The van der Waals surface area contributed by atoms with Crippen molar-refractivity contribution in [2.75, 3.05) is 12.0 Å². The fourth-order valence-corrected chi connectivity index (χ4v) is 3.77. The number of hydrogen-bond donors (Lipinski definition) is 0. The monoisotopic (exact) mass is 361 g/mol. The van der Waals surface area contributed by atoms with Crippen molar-refractivity contribution in [3.63, 3.8) is 0 Å². The van der Waals surface area contributed by atoms with Crippen molar-refractivity contribution in [2.24, 2.45) is 0 Å². The van der Waals surface area contributed by atoms with Gasteiger partial charge in [0.05, 0.1) is 17.7 Å². The minimum absolute atomic E-state index is 0.299. The van der Waals surface area contributed by atoms with E-state index in [2.05, 4.69) is 0 Å². The van der Waals surface area contributed by atoms with Gasteiger partial charge in [-0.25, -0.2) is 4.90 Å². The molecule has 1 saturated heterocycles. The van der Waals surface area contributed by atoms with E-state index in [4.69, 9.17) is 4.74 Å². The molecule has 0 saturated carbocycles. The van der Waals surface area contributed by atoms with Crippen molar-refractivity contribution in [1.29, 1.82) is 0 Å². The molecule has 5 heteroatoms. The second-order valence-electron chi connectivity index (χ2n) is 5.78. The first-order valence-corrected chi connectivity index (χ1v) is 8.89. The molecule has 4 rings (SSSR count). The average molecular weight is 361 g/mol. The third kappa shape index (κ3) is 2.86. The third-order valence-electron chi connectivity index (χ3n) is 4.23. The molecule has 128 valence electrons. The second kappa shape index (κ2) is 6.69. The average Bonchev–Trinajstić information content (AvgIpc) is 2.95. The van der Waals surface area contributed by atoms with Crippen LogP contribution in [0.4, 0.5) is 10.5 Å². The number of benzene rings is 3. The molecule has 0 aliphatic carbocycles. The van der Waals surface area contributed by atoms with Crippen molar-refractivity contribution in [1.82, 2.24) is 0 Å². The Kier molecular flexibility index (Phi) is 4.22. The van der Waals surface area contributed by atoms with Crippen LogP contribution in [-0.4, -0.2) is 18.3 Å². The molecule has 0 aromatic heterocycles. The number of amides is 2. The zero-order chi connectivity index (χ0) is 18.1. The zero-order valence-electron chi connectivity index (χ0n) is 14.0. The fourth-order valence-electron chi connectivity index (χ4n) is 2.94. The number of carbonyl (C=O) groups is 2. The van der Waals surface area contributed by atoms with Gasteiger partial charge in [-0.05, 0) is 58.4 Å². The number of anilines is 1. The predicted octanol–water partition coefficient (Wildman–Crippen LogP) is 5.09. The summed E-state index contributed by atoms with van der Waals surface area (Å²) >= 11 is 0.957. The molecule has 1 fully saturated rings. The number of rotatable bonds is 3. The molecule has 2 amide bonds. The van der Waals surface area contributed by atoms with Crippen molar-refractivity contribution < 1.29 is 14.3 Å². The van der Waals surface area contributed by atoms with Gasteiger partial charge >= 0.3 is 0 Å². The van der Waals surface area contributed by atoms with Gasteiger partial charge in [-0.1, -0.05) is 42.5 Å². The van der Waals surface area contributed by atoms with Crippen LogP contribution in [0.5, 0.6) is 5.75 Å². The summed E-state index contributed by atoms with van der Waals surface area (Å²) in [6.45, 7) is 0. The highest BCUT2D eigenvalue weighted by Crippen LogP contribution is 2.37. The summed E-state index contributed by atoms with van der Waals surface area (Å²) in [7, 11) is 1.57. The Morgan fingerprint density at radius 2 is 1.65 bits per heavy atom. The lowest BCUT2D eigenvalue weighted by Gasteiger charge is -2.12. The van der Waals surface area contributed by atoms with Gasteiger partial charge in [0, 0.05) is 0 Å². The Bertz CT molecular complexity index is 1040. The second-order valence-corrected chi connectivity index (χ2v) is 6.78. The lowest BCUT2D eigenvalue weighted by atomic mass is 10.0. The van der Waals surface area contributed by atoms with Crippen LogP contribution >= 0.6 is 11.8 Å². The van der Waals surface area contributed by atoms with Crippen LogP contribution in [0.25, 0.3) is 16.8 Å². The zero-order valence-corrected chi connectivity index (χ0v) is 14.8. The first kappa shape index (κ1) is 16.4. The van der Waals surface area contributed by atoms with Gasteiger partial charge < -0.3 is 4.74 Å². The lowest BCUT2D eigenvalue weighted by Crippen LogP contribution is -2.27. The fraction of sp³-hybridized carbons (Fsp3) is 0.0476. The van der Waals surface area contributed by atoms with Crippen LogP contribution in [-0.2, 0) is 4.79 Å². The molecule has 1 aliphatic rings. The number of hydrogen-bond acceptors (Lipinski definition) is 4. The number of nitrogens with zero attached hydrogens (tertiary/aromatic N) is 1. The predicted molar refractivity (Wildman–Crippen MR) is 105 cm³/mol. The molecule has 26 heavy (non-hydrogen) atoms. The highest BCUT2D eigenvalue weighted by Gasteiger charge is 2.36. The number of ether oxygens (including phenoxy) is 1. The van der Waals surface area contributed by atoms with E-state index in [1.807, 2.05) is 42.5 Å². The third-order valence-corrected chi connectivity index (χ3v) is 5.10. The van der Waals surface area contributed by atoms with Gasteiger partial charge in [-0.2, -0.15) is 0 Å². The van der Waals surface area contributed by atoms with Gasteiger partial charge in [-0.15, -0.1) is 0 Å². The van der Waals surface area contributed by atoms with Crippen LogP contribution in [0, 0.1) is 0 Å². The van der Waals surface area contributed by atoms with E-state index in [1.54, 1.807) is 37.5 Å². The minimum Gasteiger partial charge on any atom is -0.497 e. The molecule has 1 heterocycles. The summed E-state index contributed by atoms with van der Waals surface area (Å²) in [5.74, 6) is 0.366. The van der Waals surface area contributed by atoms with E-state index >= 15 is 0 Å². The smallest absolute Gasteiger partial charge is 0.298 e. The number of thioether (sulfide) groups is 1. The molecule has 4 nitrogen and oxygen atoms in total. The minimum atomic E-state index is -0.307. The van der Waals surface area contributed by atoms with E-state index in [-0.39, 0.29) is 11.1 Å². The van der Waals surface area contributed by atoms with Gasteiger partial charge in [-0.3, -0.25) is 9.59 Å². The van der Waals surface area contributed by atoms with Gasteiger partial charge in [0.2, 0.25) is 0 Å². The van der Waals surface area contributed by atoms with Crippen LogP contribution in [0.2, 0.25) is 0 Å². The number of fused-ring (bicyclic) bond motifs is 1. The first-order valence-electron chi connectivity index (χ1n) is 8.07. The summed E-state index contributed by atoms with van der Waals surface area (Å²) < 4.78 is 5.12. The van der Waals surface area contributed by atoms with Crippen molar-refractivity contribution in [3.05, 3.63) is 77.2 Å². The molecule has 0 atom stereocenters. The molecule has 0 unspecified atom stereocenters. The standard InChI is InChI=1S/C21H15NO3S/c1-25-17-11-9-16(10-12-17)22-20(23)19(26-21(22)24)13-15-7-4-6-14-5-2-3-8-18(14)15/h2-13H,1H3/b19-13-. The van der Waals surface area contributed by atoms with E-state index < -0.39 is 0 Å². The highest BCUT2D eigenvalue weighted by atomic mass is 32.2. The Hall–Kier alpha value is -3.05. The van der Waals surface area contributed by atoms with Crippen LogP contribution < -0.4 is 9.64 Å². The Balaban J connectivity index is 1.71. The maximum Gasteiger partial charge on any atom is 0.298 e. The van der Waals surface area contributed by atoms with E-state index in [0.717, 1.165) is 28.1 Å². The summed E-state index contributed by atoms with van der Waals surface area (Å²) in [4.78, 5) is 26.8. The van der Waals surface area contributed by atoms with E-state index in [9.17, 15) is 9.59 Å². The molecule has 0 radical (unpaired) electrons. The Morgan fingerprint density at radius 3 is 2.42 bits per heavy atom. The first-order chi connectivity index (χ1) is 12.7.